The maximum absolute atomic E-state index is 13.2. The maximum Gasteiger partial charge on any atom is 0.270 e. The number of piperazine rings is 1. The van der Waals surface area contributed by atoms with E-state index in [1.807, 2.05) is 31.3 Å². The first-order valence-corrected chi connectivity index (χ1v) is 19.0. The highest BCUT2D eigenvalue weighted by molar-refractivity contribution is 6.23. The van der Waals surface area contributed by atoms with E-state index in [-0.39, 0.29) is 47.5 Å². The molecule has 15 heteroatoms. The van der Waals surface area contributed by atoms with Gasteiger partial charge in [0.15, 0.2) is 0 Å². The number of amides is 5. The van der Waals surface area contributed by atoms with Gasteiger partial charge in [0.2, 0.25) is 11.8 Å². The van der Waals surface area contributed by atoms with Crippen molar-refractivity contribution < 1.29 is 24.0 Å². The van der Waals surface area contributed by atoms with E-state index in [1.54, 1.807) is 30.5 Å². The lowest BCUT2D eigenvalue weighted by atomic mass is 9.90. The number of imide groups is 2. The van der Waals surface area contributed by atoms with E-state index < -0.39 is 29.7 Å². The van der Waals surface area contributed by atoms with E-state index in [2.05, 4.69) is 40.7 Å². The number of carbonyl (C=O) groups is 5. The number of carbonyl (C=O) groups excluding carboxylic acids is 5. The van der Waals surface area contributed by atoms with Crippen LogP contribution in [0.1, 0.15) is 87.8 Å². The summed E-state index contributed by atoms with van der Waals surface area (Å²) in [6.07, 6.45) is 7.63. The van der Waals surface area contributed by atoms with Gasteiger partial charge in [-0.1, -0.05) is 6.92 Å². The smallest absolute Gasteiger partial charge is 0.270 e. The molecule has 6 heterocycles. The van der Waals surface area contributed by atoms with E-state index in [9.17, 15) is 28.8 Å². The number of aromatic nitrogens is 3. The Morgan fingerprint density at radius 1 is 0.836 bits per heavy atom. The van der Waals surface area contributed by atoms with Gasteiger partial charge in [-0.25, -0.2) is 4.98 Å². The molecule has 0 spiro atoms. The van der Waals surface area contributed by atoms with Crippen LogP contribution in [0, 0.1) is 0 Å². The summed E-state index contributed by atoms with van der Waals surface area (Å²) >= 11 is 0. The van der Waals surface area contributed by atoms with Crippen LogP contribution in [0.4, 0.5) is 11.4 Å². The SMILES string of the molecule is CCc1cc2ncc(CN3CCN(c4ccc(C(=O)N[C@H]5CC[C@@H](Nc6ccc7c(c6)C(=O)N(C6CCC(=O)NC6=O)C7=O)CC5)nc4)CC3)cc2[nH]c1=O. The van der Waals surface area contributed by atoms with Crippen molar-refractivity contribution in [2.75, 3.05) is 36.4 Å². The minimum atomic E-state index is -1.00. The van der Waals surface area contributed by atoms with Gasteiger partial charge in [0.1, 0.15) is 11.7 Å². The molecule has 0 bridgehead atoms. The Labute approximate surface area is 316 Å². The van der Waals surface area contributed by atoms with Gasteiger partial charge >= 0.3 is 0 Å². The van der Waals surface area contributed by atoms with E-state index in [1.165, 1.54) is 0 Å². The molecule has 4 aromatic rings. The van der Waals surface area contributed by atoms with Gasteiger partial charge in [-0.15, -0.1) is 0 Å². The molecule has 1 saturated carbocycles. The van der Waals surface area contributed by atoms with E-state index in [4.69, 9.17) is 0 Å². The molecule has 1 aliphatic carbocycles. The number of aromatic amines is 1. The van der Waals surface area contributed by atoms with Crippen molar-refractivity contribution in [1.82, 2.24) is 35.4 Å². The number of hydrogen-bond donors (Lipinski definition) is 4. The molecule has 4 aliphatic rings. The highest BCUT2D eigenvalue weighted by atomic mass is 16.2. The lowest BCUT2D eigenvalue weighted by Gasteiger charge is -2.36. The third-order valence-corrected chi connectivity index (χ3v) is 11.2. The predicted molar refractivity (Wildman–Crippen MR) is 204 cm³/mol. The number of rotatable bonds is 9. The summed E-state index contributed by atoms with van der Waals surface area (Å²) in [5.74, 6) is -2.31. The summed E-state index contributed by atoms with van der Waals surface area (Å²) in [6, 6.07) is 11.7. The topological polar surface area (TPSA) is 190 Å². The number of nitrogens with zero attached hydrogens (tertiary/aromatic N) is 5. The standard InChI is InChI=1S/C40H43N9O6/c1-2-24-18-32-33(45-36(24)51)17-23(20-41-32)22-47-13-15-48(16-14-47)28-8-10-31(42-21-28)37(52)44-26-5-3-25(4-6-26)43-27-7-9-29-30(19-27)40(55)49(39(29)54)34-11-12-35(50)46-38(34)53/h7-10,17-21,25-26,34,43H,2-6,11-16,22H2,1H3,(H,44,52)(H,45,51)(H,46,50,53)/t25-,26+,34?. The van der Waals surface area contributed by atoms with Gasteiger partial charge in [0.25, 0.3) is 23.3 Å². The third kappa shape index (κ3) is 7.43. The van der Waals surface area contributed by atoms with Crippen molar-refractivity contribution in [3.8, 4) is 0 Å². The number of pyridine rings is 3. The molecular formula is C40H43N9O6. The quantitative estimate of drug-likeness (QED) is 0.185. The van der Waals surface area contributed by atoms with Crippen molar-refractivity contribution in [2.45, 2.75) is 76.5 Å². The van der Waals surface area contributed by atoms with E-state index in [0.29, 0.717) is 17.8 Å². The molecule has 3 aliphatic heterocycles. The largest absolute Gasteiger partial charge is 0.382 e. The zero-order valence-electron chi connectivity index (χ0n) is 30.6. The minimum absolute atomic E-state index is 0.00765. The molecule has 3 aromatic heterocycles. The van der Waals surface area contributed by atoms with Crippen molar-refractivity contribution >= 4 is 51.9 Å². The van der Waals surface area contributed by atoms with Crippen LogP contribution in [0.25, 0.3) is 11.0 Å². The van der Waals surface area contributed by atoms with Crippen LogP contribution in [-0.4, -0.2) is 98.6 Å². The average Bonchev–Trinajstić information content (AvgIpc) is 3.43. The van der Waals surface area contributed by atoms with Crippen molar-refractivity contribution in [1.29, 1.82) is 0 Å². The van der Waals surface area contributed by atoms with Crippen LogP contribution in [0.15, 0.2) is 59.7 Å². The molecule has 2 saturated heterocycles. The number of piperidine rings is 1. The second-order valence-corrected chi connectivity index (χ2v) is 14.8. The number of hydrogen-bond acceptors (Lipinski definition) is 11. The van der Waals surface area contributed by atoms with Crippen LogP contribution in [0.2, 0.25) is 0 Å². The Balaban J connectivity index is 0.788. The summed E-state index contributed by atoms with van der Waals surface area (Å²) in [7, 11) is 0. The molecule has 1 unspecified atom stereocenters. The zero-order chi connectivity index (χ0) is 38.2. The number of benzene rings is 1. The summed E-state index contributed by atoms with van der Waals surface area (Å²) in [5, 5.41) is 8.82. The molecule has 0 radical (unpaired) electrons. The Bertz CT molecular complexity index is 2240. The summed E-state index contributed by atoms with van der Waals surface area (Å²) in [4.78, 5) is 93.2. The van der Waals surface area contributed by atoms with Crippen LogP contribution in [0.3, 0.4) is 0 Å². The minimum Gasteiger partial charge on any atom is -0.382 e. The second kappa shape index (κ2) is 15.1. The van der Waals surface area contributed by atoms with E-state index in [0.717, 1.165) is 91.2 Å². The molecule has 55 heavy (non-hydrogen) atoms. The third-order valence-electron chi connectivity index (χ3n) is 11.2. The van der Waals surface area contributed by atoms with Crippen molar-refractivity contribution in [2.24, 2.45) is 0 Å². The van der Waals surface area contributed by atoms with Crippen molar-refractivity contribution in [3.63, 3.8) is 0 Å². The monoisotopic (exact) mass is 745 g/mol. The number of H-pyrrole nitrogens is 1. The molecule has 1 atom stereocenters. The number of fused-ring (bicyclic) bond motifs is 2. The molecule has 284 valence electrons. The number of nitrogens with one attached hydrogen (secondary N) is 4. The molecule has 5 amide bonds. The Morgan fingerprint density at radius 3 is 2.33 bits per heavy atom. The maximum atomic E-state index is 13.2. The molecular weight excluding hydrogens is 702 g/mol. The fraction of sp³-hybridized carbons (Fsp3) is 0.400. The van der Waals surface area contributed by atoms with Gasteiger partial charge in [-0.05, 0) is 86.6 Å². The highest BCUT2D eigenvalue weighted by Crippen LogP contribution is 2.31. The van der Waals surface area contributed by atoms with Gasteiger partial charge < -0.3 is 20.5 Å². The first kappa shape index (κ1) is 36.0. The van der Waals surface area contributed by atoms with Crippen LogP contribution in [-0.2, 0) is 22.6 Å². The van der Waals surface area contributed by atoms with Gasteiger partial charge in [-0.2, -0.15) is 0 Å². The molecule has 1 aromatic carbocycles. The lowest BCUT2D eigenvalue weighted by Crippen LogP contribution is -2.54. The lowest BCUT2D eigenvalue weighted by molar-refractivity contribution is -0.136. The number of aryl methyl sites for hydroxylation is 1. The van der Waals surface area contributed by atoms with Crippen molar-refractivity contribution in [3.05, 3.63) is 93.2 Å². The fourth-order valence-corrected chi connectivity index (χ4v) is 8.08. The van der Waals surface area contributed by atoms with Crippen LogP contribution >= 0.6 is 0 Å². The average molecular weight is 746 g/mol. The van der Waals surface area contributed by atoms with Gasteiger partial charge in [0, 0.05) is 68.7 Å². The normalized spacial score (nSPS) is 21.8. The van der Waals surface area contributed by atoms with Crippen LogP contribution in [0.5, 0.6) is 0 Å². The molecule has 15 nitrogen and oxygen atoms in total. The Hall–Kier alpha value is -5.96. The van der Waals surface area contributed by atoms with E-state index >= 15 is 0 Å². The zero-order valence-corrected chi connectivity index (χ0v) is 30.6. The van der Waals surface area contributed by atoms with Crippen LogP contribution < -0.4 is 26.4 Å². The summed E-state index contributed by atoms with van der Waals surface area (Å²) < 4.78 is 0. The molecule has 8 rings (SSSR count). The molecule has 3 fully saturated rings. The van der Waals surface area contributed by atoms with Gasteiger partial charge in [-0.3, -0.25) is 48.9 Å². The second-order valence-electron chi connectivity index (χ2n) is 14.8. The Morgan fingerprint density at radius 2 is 1.60 bits per heavy atom. The summed E-state index contributed by atoms with van der Waals surface area (Å²) in [6.45, 7) is 6.06. The predicted octanol–water partition coefficient (Wildman–Crippen LogP) is 2.76. The first-order valence-electron chi connectivity index (χ1n) is 19.0. The fourth-order valence-electron chi connectivity index (χ4n) is 8.08. The number of anilines is 2. The molecule has 4 N–H and O–H groups in total. The first-order chi connectivity index (χ1) is 26.6. The highest BCUT2D eigenvalue weighted by Gasteiger charge is 2.44. The summed E-state index contributed by atoms with van der Waals surface area (Å²) in [5.41, 5.74) is 5.82. The Kier molecular flexibility index (Phi) is 9.86. The van der Waals surface area contributed by atoms with Gasteiger partial charge in [0.05, 0.1) is 34.0 Å².